The summed E-state index contributed by atoms with van der Waals surface area (Å²) >= 11 is 0. The molecule has 0 bridgehead atoms. The second-order valence-electron chi connectivity index (χ2n) is 11.1. The number of hydrogen-bond acceptors (Lipinski definition) is 15. The van der Waals surface area contributed by atoms with Gasteiger partial charge in [-0.25, -0.2) is 4.99 Å². The number of rotatable bonds is 29. The van der Waals surface area contributed by atoms with E-state index in [1.807, 2.05) is 0 Å². The summed E-state index contributed by atoms with van der Waals surface area (Å²) in [6, 6.07) is 7.01. The molecule has 284 valence electrons. The zero-order valence-corrected chi connectivity index (χ0v) is 29.0. The number of aldehydes is 1. The van der Waals surface area contributed by atoms with Crippen LogP contribution in [-0.2, 0) is 42.8 Å². The fourth-order valence-electron chi connectivity index (χ4n) is 4.50. The van der Waals surface area contributed by atoms with E-state index in [-0.39, 0.29) is 29.8 Å². The molecule has 2 aliphatic rings. The van der Waals surface area contributed by atoms with Crippen LogP contribution in [-0.4, -0.2) is 141 Å². The lowest BCUT2D eigenvalue weighted by Gasteiger charge is -2.29. The number of nitrogens with one attached hydrogen (secondary N) is 6. The molecule has 1 atom stereocenters. The summed E-state index contributed by atoms with van der Waals surface area (Å²) in [7, 11) is 0. The first-order valence-corrected chi connectivity index (χ1v) is 17.1. The largest absolute Gasteiger partial charge is 0.380 e. The van der Waals surface area contributed by atoms with Gasteiger partial charge in [-0.1, -0.05) is 0 Å². The Morgan fingerprint density at radius 3 is 2.00 bits per heavy atom. The smallest absolute Gasteiger partial charge is 0.276 e. The maximum atomic E-state index is 12.5. The lowest BCUT2D eigenvalue weighted by atomic mass is 10.2. The van der Waals surface area contributed by atoms with Gasteiger partial charge in [0.25, 0.3) is 11.8 Å². The number of benzene rings is 1. The van der Waals surface area contributed by atoms with Gasteiger partial charge in [-0.15, -0.1) is 0 Å². The van der Waals surface area contributed by atoms with Gasteiger partial charge in [0, 0.05) is 37.2 Å². The quantitative estimate of drug-likeness (QED) is 0.0372. The topological polar surface area (TPSA) is 234 Å². The van der Waals surface area contributed by atoms with E-state index in [0.717, 1.165) is 17.7 Å². The molecule has 0 radical (unpaired) electrons. The van der Waals surface area contributed by atoms with Crippen LogP contribution in [0.4, 0.5) is 5.69 Å². The number of hydrogen-bond donors (Lipinski definition) is 7. The van der Waals surface area contributed by atoms with Gasteiger partial charge in [-0.05, 0) is 30.7 Å². The number of anilines is 1. The van der Waals surface area contributed by atoms with Crippen LogP contribution in [0.3, 0.4) is 0 Å². The van der Waals surface area contributed by atoms with Crippen molar-refractivity contribution in [3.63, 3.8) is 0 Å². The van der Waals surface area contributed by atoms with Crippen LogP contribution in [0, 0.1) is 0 Å². The molecule has 0 aliphatic carbocycles. The van der Waals surface area contributed by atoms with Crippen LogP contribution >= 0.6 is 0 Å². The molecular formula is C33H52N8O10. The molecule has 1 unspecified atom stereocenters. The highest BCUT2D eigenvalue weighted by Gasteiger charge is 2.27. The summed E-state index contributed by atoms with van der Waals surface area (Å²) in [6.45, 7) is 6.93. The molecule has 0 saturated carbocycles. The summed E-state index contributed by atoms with van der Waals surface area (Å²) < 4.78 is 32.3. The van der Waals surface area contributed by atoms with Crippen molar-refractivity contribution in [3.05, 3.63) is 41.3 Å². The maximum absolute atomic E-state index is 12.5. The summed E-state index contributed by atoms with van der Waals surface area (Å²) in [5, 5.41) is 17.5. The standard InChI is InChI=1S/C33H52N8O10/c34-33-40-30-29(32(45)41-33)39-27(24-38-30)23-37-26-6-4-25(5-7-26)31(44)36-8-1-3-28(43)35-9-12-47-14-16-49-18-20-51-22-21-50-19-17-48-15-13-46-11-2-10-42/h4-7,10,33,37-38,40H,1-3,8-9,11-24,34H2,(H,35,43)(H,36,44)(H,41,45). The lowest BCUT2D eigenvalue weighted by Crippen LogP contribution is -2.59. The number of nitrogens with two attached hydrogens (primary N) is 1. The second kappa shape index (κ2) is 25.7. The SMILES string of the molecule is NC1NC(=O)C2=C(NCC(CNc3ccc(C(=O)NCCCC(=O)NCCOCCOCCOCCOCCOCCOCCC=O)cc3)=N2)N1. The molecule has 18 nitrogen and oxygen atoms in total. The number of carbonyl (C=O) groups excluding carboxylic acids is 4. The first-order valence-electron chi connectivity index (χ1n) is 17.1. The van der Waals surface area contributed by atoms with E-state index in [2.05, 4.69) is 36.9 Å². The number of aliphatic imine (C=N–C) groups is 1. The predicted molar refractivity (Wildman–Crippen MR) is 187 cm³/mol. The van der Waals surface area contributed by atoms with Gasteiger partial charge >= 0.3 is 0 Å². The van der Waals surface area contributed by atoms with Crippen LogP contribution in [0.2, 0.25) is 0 Å². The van der Waals surface area contributed by atoms with Crippen molar-refractivity contribution < 1.29 is 47.6 Å². The van der Waals surface area contributed by atoms with Crippen molar-refractivity contribution >= 4 is 35.4 Å². The normalized spacial score (nSPS) is 15.2. The van der Waals surface area contributed by atoms with Gasteiger partial charge < -0.3 is 65.1 Å². The Balaban J connectivity index is 1.08. The molecule has 8 N–H and O–H groups in total. The van der Waals surface area contributed by atoms with Crippen molar-refractivity contribution in [3.8, 4) is 0 Å². The number of ether oxygens (including phenoxy) is 6. The molecule has 0 fully saturated rings. The minimum absolute atomic E-state index is 0.112. The Kier molecular flexibility index (Phi) is 20.8. The Hall–Kier alpha value is -4.17. The van der Waals surface area contributed by atoms with E-state index in [1.54, 1.807) is 24.3 Å². The van der Waals surface area contributed by atoms with E-state index in [0.29, 0.717) is 130 Å². The molecule has 1 aromatic carbocycles. The van der Waals surface area contributed by atoms with E-state index in [4.69, 9.17) is 34.2 Å². The number of amides is 3. The van der Waals surface area contributed by atoms with Crippen molar-refractivity contribution in [2.45, 2.75) is 25.6 Å². The zero-order valence-electron chi connectivity index (χ0n) is 29.0. The van der Waals surface area contributed by atoms with E-state index >= 15 is 0 Å². The zero-order chi connectivity index (χ0) is 36.4. The minimum atomic E-state index is -0.656. The highest BCUT2D eigenvalue weighted by Crippen LogP contribution is 2.13. The number of nitrogens with zero attached hydrogens (tertiary/aromatic N) is 1. The van der Waals surface area contributed by atoms with Crippen molar-refractivity contribution in [1.29, 1.82) is 0 Å². The van der Waals surface area contributed by atoms with E-state index in [9.17, 15) is 19.2 Å². The molecule has 2 aliphatic heterocycles. The average Bonchev–Trinajstić information content (AvgIpc) is 3.13. The minimum Gasteiger partial charge on any atom is -0.380 e. The van der Waals surface area contributed by atoms with E-state index < -0.39 is 6.29 Å². The maximum Gasteiger partial charge on any atom is 0.276 e. The highest BCUT2D eigenvalue weighted by molar-refractivity contribution is 6.01. The molecule has 1 aromatic rings. The third-order valence-electron chi connectivity index (χ3n) is 7.10. The van der Waals surface area contributed by atoms with Gasteiger partial charge in [-0.2, -0.15) is 0 Å². The van der Waals surface area contributed by atoms with Crippen LogP contribution in [0.25, 0.3) is 0 Å². The Labute approximate surface area is 297 Å². The molecule has 3 rings (SSSR count). The Bertz CT molecular complexity index is 1260. The second-order valence-corrected chi connectivity index (χ2v) is 11.1. The lowest BCUT2D eigenvalue weighted by molar-refractivity contribution is -0.121. The van der Waals surface area contributed by atoms with Gasteiger partial charge in [0.15, 0.2) is 12.0 Å². The van der Waals surface area contributed by atoms with Crippen molar-refractivity contribution in [2.75, 3.05) is 111 Å². The molecule has 0 aromatic heterocycles. The monoisotopic (exact) mass is 720 g/mol. The highest BCUT2D eigenvalue weighted by atomic mass is 16.6. The van der Waals surface area contributed by atoms with Crippen LogP contribution in [0.1, 0.15) is 29.6 Å². The van der Waals surface area contributed by atoms with Gasteiger partial charge in [0.1, 0.15) is 12.1 Å². The van der Waals surface area contributed by atoms with Crippen LogP contribution in [0.5, 0.6) is 0 Å². The summed E-state index contributed by atoms with van der Waals surface area (Å²) in [5.74, 6) is -0.166. The van der Waals surface area contributed by atoms with E-state index in [1.165, 1.54) is 0 Å². The van der Waals surface area contributed by atoms with Gasteiger partial charge in [0.05, 0.1) is 98.1 Å². The molecule has 2 heterocycles. The first-order chi connectivity index (χ1) is 25.0. The number of carbonyl (C=O) groups is 4. The van der Waals surface area contributed by atoms with Gasteiger partial charge in [0.2, 0.25) is 5.91 Å². The molecular weight excluding hydrogens is 668 g/mol. The third kappa shape index (κ3) is 18.1. The Morgan fingerprint density at radius 2 is 1.39 bits per heavy atom. The van der Waals surface area contributed by atoms with Crippen molar-refractivity contribution in [2.24, 2.45) is 10.7 Å². The first kappa shape index (κ1) is 41.3. The third-order valence-corrected chi connectivity index (χ3v) is 7.10. The summed E-state index contributed by atoms with van der Waals surface area (Å²) in [5.41, 5.74) is 8.01. The van der Waals surface area contributed by atoms with Crippen LogP contribution in [0.15, 0.2) is 40.8 Å². The average molecular weight is 721 g/mol. The van der Waals surface area contributed by atoms with Crippen LogP contribution < -0.4 is 37.6 Å². The summed E-state index contributed by atoms with van der Waals surface area (Å²) in [4.78, 5) is 51.3. The molecule has 18 heteroatoms. The fraction of sp³-hybridized carbons (Fsp3) is 0.606. The molecule has 0 spiro atoms. The molecule has 51 heavy (non-hydrogen) atoms. The predicted octanol–water partition coefficient (Wildman–Crippen LogP) is -1.41. The Morgan fingerprint density at radius 1 is 0.804 bits per heavy atom. The van der Waals surface area contributed by atoms with Crippen molar-refractivity contribution in [1.82, 2.24) is 26.6 Å². The van der Waals surface area contributed by atoms with Gasteiger partial charge in [-0.3, -0.25) is 20.1 Å². The fourth-order valence-corrected chi connectivity index (χ4v) is 4.50. The summed E-state index contributed by atoms with van der Waals surface area (Å²) in [6.07, 6.45) is 1.35. The molecule has 0 saturated heterocycles. The molecule has 3 amide bonds.